The first-order valence-corrected chi connectivity index (χ1v) is 8.13. The molecule has 2 heterocycles. The summed E-state index contributed by atoms with van der Waals surface area (Å²) in [6.45, 7) is 3.68. The maximum Gasteiger partial charge on any atom is 0.0435 e. The van der Waals surface area contributed by atoms with Crippen molar-refractivity contribution in [1.29, 1.82) is 0 Å². The van der Waals surface area contributed by atoms with E-state index < -0.39 is 0 Å². The molecule has 0 bridgehead atoms. The fraction of sp³-hybridized carbons (Fsp3) is 0.600. The topological polar surface area (TPSA) is 6.48 Å². The summed E-state index contributed by atoms with van der Waals surface area (Å²) < 4.78 is 0. The highest BCUT2D eigenvalue weighted by atomic mass is 32.2. The molecule has 0 amide bonds. The third kappa shape index (κ3) is 2.52. The molecule has 2 saturated heterocycles. The third-order valence-electron chi connectivity index (χ3n) is 4.15. The molecule has 2 aliphatic rings. The Hall–Kier alpha value is -0.670. The van der Waals surface area contributed by atoms with Crippen LogP contribution >= 0.6 is 11.8 Å². The molecule has 3 rings (SSSR count). The summed E-state index contributed by atoms with van der Waals surface area (Å²) in [7, 11) is 2.25. The molecule has 1 aromatic carbocycles. The van der Waals surface area contributed by atoms with Crippen LogP contribution in [0.1, 0.15) is 24.4 Å². The van der Waals surface area contributed by atoms with Crippen LogP contribution in [0.4, 0.5) is 5.69 Å². The van der Waals surface area contributed by atoms with Gasteiger partial charge >= 0.3 is 0 Å². The van der Waals surface area contributed by atoms with Crippen LogP contribution in [0.3, 0.4) is 0 Å². The SMILES string of the molecule is CN1CCSCC1c1ccc(N2CCCC2)cc1. The van der Waals surface area contributed by atoms with Gasteiger partial charge in [0, 0.05) is 42.9 Å². The van der Waals surface area contributed by atoms with Crippen LogP contribution in [-0.2, 0) is 0 Å². The molecule has 3 heteroatoms. The summed E-state index contributed by atoms with van der Waals surface area (Å²) in [5.41, 5.74) is 2.88. The second-order valence-electron chi connectivity index (χ2n) is 5.36. The number of anilines is 1. The van der Waals surface area contributed by atoms with E-state index in [0.29, 0.717) is 6.04 Å². The van der Waals surface area contributed by atoms with Gasteiger partial charge in [0.05, 0.1) is 0 Å². The second kappa shape index (κ2) is 5.54. The number of benzene rings is 1. The molecule has 2 nitrogen and oxygen atoms in total. The fourth-order valence-corrected chi connectivity index (χ4v) is 4.17. The molecule has 0 aliphatic carbocycles. The first-order chi connectivity index (χ1) is 8.84. The Kier molecular flexibility index (Phi) is 3.80. The molecule has 0 saturated carbocycles. The minimum atomic E-state index is 0.608. The maximum absolute atomic E-state index is 2.50. The van der Waals surface area contributed by atoms with Crippen molar-refractivity contribution in [3.63, 3.8) is 0 Å². The van der Waals surface area contributed by atoms with E-state index in [9.17, 15) is 0 Å². The summed E-state index contributed by atoms with van der Waals surface area (Å²) in [5, 5.41) is 0. The average Bonchev–Trinajstić information content (AvgIpc) is 2.94. The van der Waals surface area contributed by atoms with Crippen LogP contribution in [0.15, 0.2) is 24.3 Å². The number of nitrogens with zero attached hydrogens (tertiary/aromatic N) is 2. The van der Waals surface area contributed by atoms with Crippen LogP contribution in [0.5, 0.6) is 0 Å². The Morgan fingerprint density at radius 2 is 1.78 bits per heavy atom. The maximum atomic E-state index is 2.50. The monoisotopic (exact) mass is 262 g/mol. The van der Waals surface area contributed by atoms with Gasteiger partial charge in [-0.1, -0.05) is 12.1 Å². The van der Waals surface area contributed by atoms with E-state index in [1.165, 1.54) is 55.2 Å². The number of thioether (sulfide) groups is 1. The second-order valence-corrected chi connectivity index (χ2v) is 6.51. The van der Waals surface area contributed by atoms with Gasteiger partial charge in [-0.25, -0.2) is 0 Å². The molecule has 0 radical (unpaired) electrons. The number of hydrogen-bond acceptors (Lipinski definition) is 3. The van der Waals surface area contributed by atoms with Crippen molar-refractivity contribution in [2.45, 2.75) is 18.9 Å². The molecule has 1 atom stereocenters. The molecule has 0 N–H and O–H groups in total. The molecule has 2 fully saturated rings. The third-order valence-corrected chi connectivity index (χ3v) is 5.17. The average molecular weight is 262 g/mol. The number of hydrogen-bond donors (Lipinski definition) is 0. The molecular weight excluding hydrogens is 240 g/mol. The van der Waals surface area contributed by atoms with Gasteiger partial charge < -0.3 is 4.90 Å². The molecule has 1 aromatic rings. The predicted molar refractivity (Wildman–Crippen MR) is 80.6 cm³/mol. The lowest BCUT2D eigenvalue weighted by Gasteiger charge is -2.32. The minimum Gasteiger partial charge on any atom is -0.372 e. The van der Waals surface area contributed by atoms with Gasteiger partial charge in [-0.2, -0.15) is 11.8 Å². The van der Waals surface area contributed by atoms with Crippen LogP contribution in [0, 0.1) is 0 Å². The predicted octanol–water partition coefficient (Wildman–Crippen LogP) is 3.01. The van der Waals surface area contributed by atoms with Crippen molar-refractivity contribution >= 4 is 17.4 Å². The van der Waals surface area contributed by atoms with Gasteiger partial charge in [-0.15, -0.1) is 0 Å². The van der Waals surface area contributed by atoms with E-state index in [2.05, 4.69) is 52.9 Å². The van der Waals surface area contributed by atoms with Gasteiger partial charge in [0.2, 0.25) is 0 Å². The van der Waals surface area contributed by atoms with Crippen molar-refractivity contribution in [2.24, 2.45) is 0 Å². The Morgan fingerprint density at radius 3 is 2.44 bits per heavy atom. The minimum absolute atomic E-state index is 0.608. The molecule has 98 valence electrons. The van der Waals surface area contributed by atoms with Gasteiger partial charge in [0.25, 0.3) is 0 Å². The van der Waals surface area contributed by atoms with E-state index in [0.717, 1.165) is 0 Å². The largest absolute Gasteiger partial charge is 0.372 e. The van der Waals surface area contributed by atoms with Crippen LogP contribution < -0.4 is 4.90 Å². The van der Waals surface area contributed by atoms with Crippen molar-refractivity contribution in [2.75, 3.05) is 43.1 Å². The zero-order valence-corrected chi connectivity index (χ0v) is 12.0. The lowest BCUT2D eigenvalue weighted by molar-refractivity contribution is 0.274. The van der Waals surface area contributed by atoms with Crippen molar-refractivity contribution in [1.82, 2.24) is 4.90 Å². The highest BCUT2D eigenvalue weighted by Crippen LogP contribution is 2.30. The van der Waals surface area contributed by atoms with Gasteiger partial charge in [-0.3, -0.25) is 4.90 Å². The summed E-state index contributed by atoms with van der Waals surface area (Å²) in [6, 6.07) is 9.90. The van der Waals surface area contributed by atoms with Crippen LogP contribution in [0.25, 0.3) is 0 Å². The quantitative estimate of drug-likeness (QED) is 0.809. The lowest BCUT2D eigenvalue weighted by Crippen LogP contribution is -2.32. The normalized spacial score (nSPS) is 25.6. The van der Waals surface area contributed by atoms with E-state index in [1.54, 1.807) is 0 Å². The highest BCUT2D eigenvalue weighted by Gasteiger charge is 2.21. The molecule has 1 unspecified atom stereocenters. The lowest BCUT2D eigenvalue weighted by atomic mass is 10.1. The molecule has 2 aliphatic heterocycles. The first kappa shape index (κ1) is 12.4. The highest BCUT2D eigenvalue weighted by molar-refractivity contribution is 7.99. The van der Waals surface area contributed by atoms with E-state index in [-0.39, 0.29) is 0 Å². The Labute approximate surface area is 114 Å². The van der Waals surface area contributed by atoms with Gasteiger partial charge in [-0.05, 0) is 37.6 Å². The summed E-state index contributed by atoms with van der Waals surface area (Å²) in [5.74, 6) is 2.51. The zero-order chi connectivity index (χ0) is 12.4. The smallest absolute Gasteiger partial charge is 0.0435 e. The van der Waals surface area contributed by atoms with E-state index >= 15 is 0 Å². The number of rotatable bonds is 2. The molecule has 0 spiro atoms. The van der Waals surface area contributed by atoms with Crippen molar-refractivity contribution in [3.8, 4) is 0 Å². The van der Waals surface area contributed by atoms with Crippen LogP contribution in [0.2, 0.25) is 0 Å². The van der Waals surface area contributed by atoms with Gasteiger partial charge in [0.15, 0.2) is 0 Å². The van der Waals surface area contributed by atoms with E-state index in [4.69, 9.17) is 0 Å². The van der Waals surface area contributed by atoms with Crippen molar-refractivity contribution < 1.29 is 0 Å². The van der Waals surface area contributed by atoms with Crippen molar-refractivity contribution in [3.05, 3.63) is 29.8 Å². The van der Waals surface area contributed by atoms with Crippen LogP contribution in [-0.4, -0.2) is 43.1 Å². The zero-order valence-electron chi connectivity index (χ0n) is 11.1. The Morgan fingerprint density at radius 1 is 1.06 bits per heavy atom. The fourth-order valence-electron chi connectivity index (χ4n) is 2.92. The summed E-state index contributed by atoms with van der Waals surface area (Å²) >= 11 is 2.08. The molecule has 0 aromatic heterocycles. The summed E-state index contributed by atoms with van der Waals surface area (Å²) in [4.78, 5) is 4.99. The van der Waals surface area contributed by atoms with E-state index in [1.807, 2.05) is 0 Å². The Bertz CT molecular complexity index is 384. The van der Waals surface area contributed by atoms with Gasteiger partial charge in [0.1, 0.15) is 0 Å². The molecule has 18 heavy (non-hydrogen) atoms. The standard InChI is InChI=1S/C15H22N2S/c1-16-10-11-18-12-15(16)13-4-6-14(7-5-13)17-8-2-3-9-17/h4-7,15H,2-3,8-12H2,1H3. The molecular formula is C15H22N2S. The first-order valence-electron chi connectivity index (χ1n) is 6.97. The summed E-state index contributed by atoms with van der Waals surface area (Å²) in [6.07, 6.45) is 2.70. The Balaban J connectivity index is 1.73.